The predicted molar refractivity (Wildman–Crippen MR) is 126 cm³/mol. The highest BCUT2D eigenvalue weighted by molar-refractivity contribution is 5.96. The third-order valence-corrected chi connectivity index (χ3v) is 6.39. The molecule has 0 bridgehead atoms. The number of benzene rings is 1. The van der Waals surface area contributed by atoms with Crippen LogP contribution < -0.4 is 15.0 Å². The van der Waals surface area contributed by atoms with Crippen molar-refractivity contribution in [2.45, 2.75) is 57.6 Å². The summed E-state index contributed by atoms with van der Waals surface area (Å²) >= 11 is 0. The smallest absolute Gasteiger partial charge is 0.325 e. The van der Waals surface area contributed by atoms with Gasteiger partial charge in [0.1, 0.15) is 18.7 Å². The molecule has 1 aromatic carbocycles. The Morgan fingerprint density at radius 2 is 1.85 bits per heavy atom. The summed E-state index contributed by atoms with van der Waals surface area (Å²) < 4.78 is 5.86. The number of rotatable bonds is 7. The van der Waals surface area contributed by atoms with Gasteiger partial charge < -0.3 is 15.0 Å². The number of carbonyl (C=O) groups excluding carboxylic acids is 2. The Morgan fingerprint density at radius 1 is 1.15 bits per heavy atom. The minimum Gasteiger partial charge on any atom is -0.472 e. The molecule has 0 unspecified atom stereocenters. The molecule has 1 aromatic heterocycles. The summed E-state index contributed by atoms with van der Waals surface area (Å²) in [5, 5.41) is 12.2. The molecule has 4 rings (SSSR count). The Balaban J connectivity index is 1.23. The van der Waals surface area contributed by atoms with E-state index in [0.717, 1.165) is 31.4 Å². The van der Waals surface area contributed by atoms with E-state index < -0.39 is 0 Å². The van der Waals surface area contributed by atoms with Gasteiger partial charge in [-0.3, -0.25) is 9.69 Å². The lowest BCUT2D eigenvalue weighted by Gasteiger charge is -2.29. The van der Waals surface area contributed by atoms with Crippen molar-refractivity contribution in [3.05, 3.63) is 47.9 Å². The van der Waals surface area contributed by atoms with Crippen molar-refractivity contribution in [3.8, 4) is 11.9 Å². The number of nitrogens with one attached hydrogen (secondary N) is 1. The van der Waals surface area contributed by atoms with Crippen LogP contribution in [0.4, 0.5) is 10.5 Å². The van der Waals surface area contributed by atoms with Crippen molar-refractivity contribution < 1.29 is 14.3 Å². The number of urea groups is 1. The van der Waals surface area contributed by atoms with Gasteiger partial charge in [-0.2, -0.15) is 5.26 Å². The molecule has 9 nitrogen and oxygen atoms in total. The second kappa shape index (κ2) is 10.5. The number of hydrogen-bond acceptors (Lipinski definition) is 6. The van der Waals surface area contributed by atoms with Crippen molar-refractivity contribution >= 4 is 17.6 Å². The lowest BCUT2D eigenvalue weighted by atomic mass is 9.93. The van der Waals surface area contributed by atoms with Crippen molar-refractivity contribution in [3.63, 3.8) is 0 Å². The fourth-order valence-corrected chi connectivity index (χ4v) is 4.43. The molecule has 2 aliphatic rings. The number of amides is 3. The van der Waals surface area contributed by atoms with Crippen LogP contribution in [0, 0.1) is 11.3 Å². The van der Waals surface area contributed by atoms with Crippen LogP contribution in [-0.2, 0) is 4.79 Å². The lowest BCUT2D eigenvalue weighted by Crippen LogP contribution is -2.45. The highest BCUT2D eigenvalue weighted by Gasteiger charge is 2.32. The third kappa shape index (κ3) is 5.45. The summed E-state index contributed by atoms with van der Waals surface area (Å²) in [6.45, 7) is 5.43. The zero-order chi connectivity index (χ0) is 24.1. The zero-order valence-corrected chi connectivity index (χ0v) is 19.6. The first kappa shape index (κ1) is 23.5. The predicted octanol–water partition coefficient (Wildman–Crippen LogP) is 3.22. The summed E-state index contributed by atoms with van der Waals surface area (Å²) in [5.41, 5.74) is 2.27. The molecule has 2 heterocycles. The number of carbonyl (C=O) groups is 2. The quantitative estimate of drug-likeness (QED) is 0.676. The summed E-state index contributed by atoms with van der Waals surface area (Å²) in [6, 6.07) is 9.93. The minimum absolute atomic E-state index is 0.0435. The van der Waals surface area contributed by atoms with E-state index in [-0.39, 0.29) is 42.2 Å². The number of nitriles is 1. The Bertz CT molecular complexity index is 1060. The SMILES string of the molecule is CC(C)c1ccc(N2CCN(CC(=O)NC3CCC(Oc4nccnc4C#N)CC3)C2=O)cc1. The first-order valence-electron chi connectivity index (χ1n) is 11.8. The second-order valence-corrected chi connectivity index (χ2v) is 9.08. The third-order valence-electron chi connectivity index (χ3n) is 6.39. The molecule has 2 aromatic rings. The fourth-order valence-electron chi connectivity index (χ4n) is 4.43. The van der Waals surface area contributed by atoms with Gasteiger partial charge in [0.05, 0.1) is 0 Å². The van der Waals surface area contributed by atoms with Gasteiger partial charge in [0.15, 0.2) is 0 Å². The number of nitrogens with zero attached hydrogens (tertiary/aromatic N) is 5. The van der Waals surface area contributed by atoms with Crippen LogP contribution in [0.5, 0.6) is 5.88 Å². The van der Waals surface area contributed by atoms with Crippen molar-refractivity contribution in [1.82, 2.24) is 20.2 Å². The standard InChI is InChI=1S/C25H30N6O3/c1-17(2)18-3-7-20(8-4-18)31-14-13-30(25(31)33)16-23(32)29-19-5-9-21(10-6-19)34-24-22(15-26)27-11-12-28-24/h3-4,7-8,11-12,17,19,21H,5-6,9-10,13-14,16H2,1-2H3,(H,29,32). The van der Waals surface area contributed by atoms with Gasteiger partial charge in [-0.25, -0.2) is 14.8 Å². The number of hydrogen-bond donors (Lipinski definition) is 1. The summed E-state index contributed by atoms with van der Waals surface area (Å²) in [4.78, 5) is 36.8. The molecule has 1 N–H and O–H groups in total. The van der Waals surface area contributed by atoms with E-state index in [4.69, 9.17) is 10.00 Å². The molecule has 1 aliphatic heterocycles. The summed E-state index contributed by atoms with van der Waals surface area (Å²) in [6.07, 6.45) is 5.92. The van der Waals surface area contributed by atoms with Crippen LogP contribution in [0.15, 0.2) is 36.7 Å². The lowest BCUT2D eigenvalue weighted by molar-refractivity contribution is -0.122. The van der Waals surface area contributed by atoms with Crippen molar-refractivity contribution in [2.24, 2.45) is 0 Å². The maximum Gasteiger partial charge on any atom is 0.325 e. The molecule has 2 fully saturated rings. The first-order valence-corrected chi connectivity index (χ1v) is 11.8. The average molecular weight is 463 g/mol. The van der Waals surface area contributed by atoms with Gasteiger partial charge in [0, 0.05) is 37.2 Å². The Hall–Kier alpha value is -3.67. The average Bonchev–Trinajstić information content (AvgIpc) is 3.20. The molecular formula is C25H30N6O3. The number of ether oxygens (including phenoxy) is 1. The van der Waals surface area contributed by atoms with Crippen molar-refractivity contribution in [1.29, 1.82) is 5.26 Å². The molecule has 1 saturated carbocycles. The summed E-state index contributed by atoms with van der Waals surface area (Å²) in [7, 11) is 0. The van der Waals surface area contributed by atoms with Gasteiger partial charge >= 0.3 is 6.03 Å². The van der Waals surface area contributed by atoms with Crippen LogP contribution in [0.3, 0.4) is 0 Å². The minimum atomic E-state index is -0.143. The molecule has 1 aliphatic carbocycles. The van der Waals surface area contributed by atoms with E-state index in [1.165, 1.54) is 18.0 Å². The van der Waals surface area contributed by atoms with Gasteiger partial charge in [-0.05, 0) is 49.3 Å². The van der Waals surface area contributed by atoms with Gasteiger partial charge in [-0.1, -0.05) is 26.0 Å². The monoisotopic (exact) mass is 462 g/mol. The first-order chi connectivity index (χ1) is 16.4. The van der Waals surface area contributed by atoms with Crippen LogP contribution >= 0.6 is 0 Å². The maximum atomic E-state index is 12.8. The topological polar surface area (TPSA) is 111 Å². The Labute approximate surface area is 199 Å². The van der Waals surface area contributed by atoms with Crippen LogP contribution in [0.25, 0.3) is 0 Å². The van der Waals surface area contributed by atoms with Crippen LogP contribution in [-0.4, -0.2) is 58.6 Å². The highest BCUT2D eigenvalue weighted by atomic mass is 16.5. The van der Waals surface area contributed by atoms with Crippen LogP contribution in [0.1, 0.15) is 56.7 Å². The highest BCUT2D eigenvalue weighted by Crippen LogP contribution is 2.25. The largest absolute Gasteiger partial charge is 0.472 e. The molecule has 9 heteroatoms. The normalized spacial score (nSPS) is 20.4. The van der Waals surface area contributed by atoms with E-state index >= 15 is 0 Å². The van der Waals surface area contributed by atoms with E-state index in [1.54, 1.807) is 9.80 Å². The molecule has 3 amide bonds. The Kier molecular flexibility index (Phi) is 7.26. The second-order valence-electron chi connectivity index (χ2n) is 9.08. The van der Waals surface area contributed by atoms with Gasteiger partial charge in [0.25, 0.3) is 5.88 Å². The molecule has 0 atom stereocenters. The molecule has 34 heavy (non-hydrogen) atoms. The number of aromatic nitrogens is 2. The van der Waals surface area contributed by atoms with E-state index in [9.17, 15) is 9.59 Å². The van der Waals surface area contributed by atoms with E-state index in [2.05, 4.69) is 29.1 Å². The zero-order valence-electron chi connectivity index (χ0n) is 19.6. The molecule has 0 spiro atoms. The molecule has 1 saturated heterocycles. The van der Waals surface area contributed by atoms with Crippen molar-refractivity contribution in [2.75, 3.05) is 24.5 Å². The molecular weight excluding hydrogens is 432 g/mol. The summed E-state index contributed by atoms with van der Waals surface area (Å²) in [5.74, 6) is 0.552. The van der Waals surface area contributed by atoms with Gasteiger partial charge in [0.2, 0.25) is 11.6 Å². The molecule has 178 valence electrons. The fraction of sp³-hybridized carbons (Fsp3) is 0.480. The van der Waals surface area contributed by atoms with Gasteiger partial charge in [-0.15, -0.1) is 0 Å². The number of anilines is 1. The molecule has 0 radical (unpaired) electrons. The van der Waals surface area contributed by atoms with E-state index in [1.807, 2.05) is 30.3 Å². The maximum absolute atomic E-state index is 12.8. The van der Waals surface area contributed by atoms with E-state index in [0.29, 0.717) is 19.0 Å². The van der Waals surface area contributed by atoms with Crippen LogP contribution in [0.2, 0.25) is 0 Å². The Morgan fingerprint density at radius 3 is 2.53 bits per heavy atom.